The Hall–Kier alpha value is -2.43. The summed E-state index contributed by atoms with van der Waals surface area (Å²) in [5, 5.41) is 0. The van der Waals surface area contributed by atoms with Crippen LogP contribution in [0.15, 0.2) is 48.7 Å². The van der Waals surface area contributed by atoms with E-state index in [0.717, 1.165) is 24.5 Å². The van der Waals surface area contributed by atoms with E-state index in [1.165, 1.54) is 12.1 Å². The minimum absolute atomic E-state index is 0.109. The smallest absolute Gasteiger partial charge is 0.228 e. The lowest BCUT2D eigenvalue weighted by molar-refractivity contribution is -0.130. The molecule has 4 nitrogen and oxygen atoms in total. The van der Waals surface area contributed by atoms with Gasteiger partial charge in [-0.1, -0.05) is 6.07 Å². The Bertz CT molecular complexity index is 622. The lowest BCUT2D eigenvalue weighted by Crippen LogP contribution is -2.49. The van der Waals surface area contributed by atoms with Gasteiger partial charge in [-0.25, -0.2) is 4.39 Å². The third-order valence-electron chi connectivity index (χ3n) is 3.88. The number of pyridine rings is 1. The molecule has 1 fully saturated rings. The third-order valence-corrected chi connectivity index (χ3v) is 3.88. The Morgan fingerprint density at radius 2 is 1.77 bits per heavy atom. The molecule has 1 aliphatic rings. The van der Waals surface area contributed by atoms with Gasteiger partial charge >= 0.3 is 0 Å². The van der Waals surface area contributed by atoms with Gasteiger partial charge in [0.15, 0.2) is 0 Å². The van der Waals surface area contributed by atoms with Crippen molar-refractivity contribution in [2.24, 2.45) is 0 Å². The molecule has 22 heavy (non-hydrogen) atoms. The van der Waals surface area contributed by atoms with Gasteiger partial charge in [0.1, 0.15) is 5.82 Å². The van der Waals surface area contributed by atoms with E-state index in [-0.39, 0.29) is 11.7 Å². The minimum atomic E-state index is -0.229. The predicted octanol–water partition coefficient (Wildman–Crippen LogP) is 2.11. The second kappa shape index (κ2) is 6.56. The van der Waals surface area contributed by atoms with Crippen molar-refractivity contribution in [2.45, 2.75) is 6.42 Å². The molecule has 2 heterocycles. The van der Waals surface area contributed by atoms with Crippen LogP contribution in [0, 0.1) is 5.82 Å². The van der Waals surface area contributed by atoms with Crippen LogP contribution in [0.4, 0.5) is 10.1 Å². The first-order valence-corrected chi connectivity index (χ1v) is 7.40. The normalized spacial score (nSPS) is 15.0. The SMILES string of the molecule is O=C(Cc1ccccn1)N1CCN(c2ccc(F)cc2)CC1. The van der Waals surface area contributed by atoms with E-state index in [4.69, 9.17) is 0 Å². The molecule has 0 spiro atoms. The van der Waals surface area contributed by atoms with Crippen molar-refractivity contribution < 1.29 is 9.18 Å². The lowest BCUT2D eigenvalue weighted by Gasteiger charge is -2.36. The summed E-state index contributed by atoms with van der Waals surface area (Å²) >= 11 is 0. The minimum Gasteiger partial charge on any atom is -0.368 e. The number of nitrogens with zero attached hydrogens (tertiary/aromatic N) is 3. The zero-order chi connectivity index (χ0) is 15.4. The maximum absolute atomic E-state index is 13.0. The summed E-state index contributed by atoms with van der Waals surface area (Å²) in [5.41, 5.74) is 1.80. The molecule has 5 heteroatoms. The van der Waals surface area contributed by atoms with E-state index in [1.807, 2.05) is 23.1 Å². The number of hydrogen-bond donors (Lipinski definition) is 0. The van der Waals surface area contributed by atoms with E-state index in [1.54, 1.807) is 18.3 Å². The van der Waals surface area contributed by atoms with Crippen LogP contribution in [0.25, 0.3) is 0 Å². The molecule has 0 aliphatic carbocycles. The van der Waals surface area contributed by atoms with Crippen molar-refractivity contribution in [1.29, 1.82) is 0 Å². The Labute approximate surface area is 129 Å². The van der Waals surface area contributed by atoms with Gasteiger partial charge in [-0.15, -0.1) is 0 Å². The Morgan fingerprint density at radius 1 is 1.05 bits per heavy atom. The first kappa shape index (κ1) is 14.5. The lowest BCUT2D eigenvalue weighted by atomic mass is 10.2. The van der Waals surface area contributed by atoms with Gasteiger partial charge in [0.2, 0.25) is 5.91 Å². The van der Waals surface area contributed by atoms with Gasteiger partial charge in [0.05, 0.1) is 6.42 Å². The van der Waals surface area contributed by atoms with Crippen molar-refractivity contribution in [3.63, 3.8) is 0 Å². The van der Waals surface area contributed by atoms with Gasteiger partial charge in [0.25, 0.3) is 0 Å². The number of anilines is 1. The highest BCUT2D eigenvalue weighted by molar-refractivity contribution is 5.78. The maximum Gasteiger partial charge on any atom is 0.228 e. The fourth-order valence-electron chi connectivity index (χ4n) is 2.64. The fourth-order valence-corrected chi connectivity index (χ4v) is 2.64. The van der Waals surface area contributed by atoms with E-state index in [0.29, 0.717) is 19.5 Å². The molecule has 1 amide bonds. The second-order valence-corrected chi connectivity index (χ2v) is 5.34. The summed E-state index contributed by atoms with van der Waals surface area (Å²) in [7, 11) is 0. The van der Waals surface area contributed by atoms with Gasteiger partial charge in [0, 0.05) is 43.8 Å². The monoisotopic (exact) mass is 299 g/mol. The average molecular weight is 299 g/mol. The molecular weight excluding hydrogens is 281 g/mol. The summed E-state index contributed by atoms with van der Waals surface area (Å²) in [5.74, 6) is -0.120. The van der Waals surface area contributed by atoms with Crippen LogP contribution in [0.2, 0.25) is 0 Å². The molecule has 1 aromatic heterocycles. The van der Waals surface area contributed by atoms with Gasteiger partial charge in [-0.05, 0) is 36.4 Å². The van der Waals surface area contributed by atoms with E-state index in [2.05, 4.69) is 9.88 Å². The second-order valence-electron chi connectivity index (χ2n) is 5.34. The summed E-state index contributed by atoms with van der Waals surface area (Å²) in [6.07, 6.45) is 2.05. The van der Waals surface area contributed by atoms with Crippen molar-refractivity contribution >= 4 is 11.6 Å². The molecular formula is C17H18FN3O. The van der Waals surface area contributed by atoms with Crippen molar-refractivity contribution in [1.82, 2.24) is 9.88 Å². The Morgan fingerprint density at radius 3 is 2.41 bits per heavy atom. The van der Waals surface area contributed by atoms with Gasteiger partial charge in [-0.3, -0.25) is 9.78 Å². The van der Waals surface area contributed by atoms with Crippen LogP contribution < -0.4 is 4.90 Å². The average Bonchev–Trinajstić information content (AvgIpc) is 2.57. The first-order valence-electron chi connectivity index (χ1n) is 7.40. The number of benzene rings is 1. The summed E-state index contributed by atoms with van der Waals surface area (Å²) in [4.78, 5) is 20.5. The zero-order valence-electron chi connectivity index (χ0n) is 12.3. The number of rotatable bonds is 3. The number of hydrogen-bond acceptors (Lipinski definition) is 3. The van der Waals surface area contributed by atoms with Crippen LogP contribution >= 0.6 is 0 Å². The molecule has 2 aromatic rings. The van der Waals surface area contributed by atoms with Crippen LogP contribution in [-0.4, -0.2) is 42.0 Å². The number of carbonyl (C=O) groups is 1. The third kappa shape index (κ3) is 3.42. The van der Waals surface area contributed by atoms with Crippen LogP contribution in [0.1, 0.15) is 5.69 Å². The molecule has 1 aliphatic heterocycles. The quantitative estimate of drug-likeness (QED) is 0.871. The van der Waals surface area contributed by atoms with Crippen molar-refractivity contribution in [3.8, 4) is 0 Å². The number of halogens is 1. The van der Waals surface area contributed by atoms with Crippen molar-refractivity contribution in [3.05, 3.63) is 60.2 Å². The Balaban J connectivity index is 1.55. The molecule has 0 radical (unpaired) electrons. The predicted molar refractivity (Wildman–Crippen MR) is 83.1 cm³/mol. The molecule has 1 aromatic carbocycles. The molecule has 1 saturated heterocycles. The number of amides is 1. The van der Waals surface area contributed by atoms with Gasteiger partial charge in [-0.2, -0.15) is 0 Å². The topological polar surface area (TPSA) is 36.4 Å². The molecule has 0 saturated carbocycles. The van der Waals surface area contributed by atoms with E-state index < -0.39 is 0 Å². The number of carbonyl (C=O) groups excluding carboxylic acids is 1. The van der Waals surface area contributed by atoms with Crippen LogP contribution in [0.3, 0.4) is 0 Å². The van der Waals surface area contributed by atoms with Crippen LogP contribution in [0.5, 0.6) is 0 Å². The highest BCUT2D eigenvalue weighted by Crippen LogP contribution is 2.17. The summed E-state index contributed by atoms with van der Waals surface area (Å²) in [6.45, 7) is 2.89. The maximum atomic E-state index is 13.0. The summed E-state index contributed by atoms with van der Waals surface area (Å²) < 4.78 is 13.0. The van der Waals surface area contributed by atoms with E-state index in [9.17, 15) is 9.18 Å². The molecule has 0 unspecified atom stereocenters. The Kier molecular flexibility index (Phi) is 4.32. The molecule has 0 atom stereocenters. The number of aromatic nitrogens is 1. The molecule has 3 rings (SSSR count). The highest BCUT2D eigenvalue weighted by atomic mass is 19.1. The van der Waals surface area contributed by atoms with E-state index >= 15 is 0 Å². The fraction of sp³-hybridized carbons (Fsp3) is 0.294. The molecule has 114 valence electrons. The van der Waals surface area contributed by atoms with Crippen LogP contribution in [-0.2, 0) is 11.2 Å². The molecule has 0 bridgehead atoms. The number of piperazine rings is 1. The largest absolute Gasteiger partial charge is 0.368 e. The standard InChI is InChI=1S/C17H18FN3O/c18-14-4-6-16(7-5-14)20-9-11-21(12-10-20)17(22)13-15-3-1-2-8-19-15/h1-8H,9-13H2. The van der Waals surface area contributed by atoms with Crippen molar-refractivity contribution in [2.75, 3.05) is 31.1 Å². The highest BCUT2D eigenvalue weighted by Gasteiger charge is 2.21. The van der Waals surface area contributed by atoms with Gasteiger partial charge < -0.3 is 9.80 Å². The molecule has 0 N–H and O–H groups in total. The first-order chi connectivity index (χ1) is 10.7. The zero-order valence-corrected chi connectivity index (χ0v) is 12.3. The summed E-state index contributed by atoms with van der Waals surface area (Å²) in [6, 6.07) is 12.1.